The molecule has 0 fully saturated rings. The predicted octanol–water partition coefficient (Wildman–Crippen LogP) is 1.23. The lowest BCUT2D eigenvalue weighted by Crippen LogP contribution is -2.05. The van der Waals surface area contributed by atoms with Crippen molar-refractivity contribution in [2.75, 3.05) is 5.32 Å². The Bertz CT molecular complexity index is 545. The van der Waals surface area contributed by atoms with E-state index in [0.717, 1.165) is 5.56 Å². The molecule has 2 N–H and O–H groups in total. The number of hydrogen-bond acceptors (Lipinski definition) is 5. The molecule has 8 heteroatoms. The molecule has 0 unspecified atom stereocenters. The van der Waals surface area contributed by atoms with E-state index in [0.29, 0.717) is 24.5 Å². The number of nitrogens with one attached hydrogen (secondary N) is 2. The highest BCUT2D eigenvalue weighted by Gasteiger charge is 2.25. The maximum Gasteiger partial charge on any atom is 0.333 e. The van der Waals surface area contributed by atoms with E-state index in [1.165, 1.54) is 4.68 Å². The number of aryl methyl sites for hydroxylation is 2. The summed E-state index contributed by atoms with van der Waals surface area (Å²) in [4.78, 5) is 10.7. The van der Waals surface area contributed by atoms with E-state index in [4.69, 9.17) is 0 Å². The maximum absolute atomic E-state index is 11.1. The molecule has 0 bridgehead atoms. The molecule has 0 amide bonds. The average molecular weight is 250 g/mol. The van der Waals surface area contributed by atoms with E-state index < -0.39 is 4.92 Å². The molecule has 0 aliphatic carbocycles. The van der Waals surface area contributed by atoms with Crippen LogP contribution in [0.4, 0.5) is 11.5 Å². The van der Waals surface area contributed by atoms with E-state index in [1.54, 1.807) is 19.4 Å². The summed E-state index contributed by atoms with van der Waals surface area (Å²) in [5.74, 6) is 0.415. The minimum Gasteiger partial charge on any atom is -0.360 e. The Morgan fingerprint density at radius 3 is 2.94 bits per heavy atom. The van der Waals surface area contributed by atoms with E-state index in [9.17, 15) is 10.1 Å². The Balaban J connectivity index is 2.26. The molecule has 0 aromatic carbocycles. The fourth-order valence-electron chi connectivity index (χ4n) is 1.76. The molecule has 2 aromatic rings. The minimum atomic E-state index is -0.399. The van der Waals surface area contributed by atoms with Crippen molar-refractivity contribution in [3.8, 4) is 0 Å². The van der Waals surface area contributed by atoms with Crippen molar-refractivity contribution in [3.63, 3.8) is 0 Å². The van der Waals surface area contributed by atoms with Gasteiger partial charge in [-0.05, 0) is 6.42 Å². The molecule has 2 aromatic heterocycles. The molecule has 96 valence electrons. The molecular formula is C10H14N6O2. The molecular weight excluding hydrogens is 236 g/mol. The van der Waals surface area contributed by atoms with Gasteiger partial charge in [-0.15, -0.1) is 0 Å². The van der Waals surface area contributed by atoms with Crippen LogP contribution in [0.2, 0.25) is 0 Å². The summed E-state index contributed by atoms with van der Waals surface area (Å²) >= 11 is 0. The molecule has 0 aliphatic heterocycles. The van der Waals surface area contributed by atoms with Crippen molar-refractivity contribution < 1.29 is 4.92 Å². The first-order valence-electron chi connectivity index (χ1n) is 5.55. The number of hydrogen-bond donors (Lipinski definition) is 2. The van der Waals surface area contributed by atoms with Crippen LogP contribution in [-0.4, -0.2) is 24.9 Å². The highest BCUT2D eigenvalue weighted by atomic mass is 16.6. The first kappa shape index (κ1) is 12.1. The van der Waals surface area contributed by atoms with Gasteiger partial charge in [0.15, 0.2) is 0 Å². The standard InChI is InChI=1S/C10H14N6O2/c1-3-8-9(16(17)18)10(15(2)14-8)11-4-7-5-12-13-6-7/h5-6,11H,3-4H2,1-2H3,(H,12,13). The number of nitro groups is 1. The lowest BCUT2D eigenvalue weighted by Gasteiger charge is -2.03. The van der Waals surface area contributed by atoms with Crippen molar-refractivity contribution in [1.82, 2.24) is 20.0 Å². The zero-order chi connectivity index (χ0) is 13.1. The van der Waals surface area contributed by atoms with Crippen molar-refractivity contribution in [1.29, 1.82) is 0 Å². The average Bonchev–Trinajstić information content (AvgIpc) is 2.93. The van der Waals surface area contributed by atoms with Crippen LogP contribution < -0.4 is 5.32 Å². The van der Waals surface area contributed by atoms with Gasteiger partial charge in [-0.1, -0.05) is 6.92 Å². The van der Waals surface area contributed by atoms with Crippen LogP contribution in [0, 0.1) is 10.1 Å². The monoisotopic (exact) mass is 250 g/mol. The van der Waals surface area contributed by atoms with E-state index in [2.05, 4.69) is 20.6 Å². The van der Waals surface area contributed by atoms with Crippen LogP contribution in [0.1, 0.15) is 18.2 Å². The second-order valence-corrected chi connectivity index (χ2v) is 3.84. The SMILES string of the molecule is CCc1nn(C)c(NCc2cn[nH]c2)c1[N+](=O)[O-]. The van der Waals surface area contributed by atoms with Crippen molar-refractivity contribution >= 4 is 11.5 Å². The topological polar surface area (TPSA) is 102 Å². The fraction of sp³-hybridized carbons (Fsp3) is 0.400. The highest BCUT2D eigenvalue weighted by Crippen LogP contribution is 2.28. The van der Waals surface area contributed by atoms with Gasteiger partial charge in [0.25, 0.3) is 0 Å². The van der Waals surface area contributed by atoms with Crippen LogP contribution in [0.15, 0.2) is 12.4 Å². The molecule has 2 heterocycles. The van der Waals surface area contributed by atoms with E-state index in [1.807, 2.05) is 6.92 Å². The van der Waals surface area contributed by atoms with Crippen molar-refractivity contribution in [2.24, 2.45) is 7.05 Å². The lowest BCUT2D eigenvalue weighted by molar-refractivity contribution is -0.384. The molecule has 0 atom stereocenters. The number of rotatable bonds is 5. The Morgan fingerprint density at radius 2 is 2.39 bits per heavy atom. The van der Waals surface area contributed by atoms with Crippen LogP contribution in [0.5, 0.6) is 0 Å². The summed E-state index contributed by atoms with van der Waals surface area (Å²) in [7, 11) is 1.68. The van der Waals surface area contributed by atoms with Gasteiger partial charge in [0.05, 0.1) is 11.1 Å². The highest BCUT2D eigenvalue weighted by molar-refractivity contribution is 5.59. The van der Waals surface area contributed by atoms with Crippen LogP contribution in [0.3, 0.4) is 0 Å². The zero-order valence-electron chi connectivity index (χ0n) is 10.2. The van der Waals surface area contributed by atoms with Crippen LogP contribution in [0.25, 0.3) is 0 Å². The third kappa shape index (κ3) is 2.17. The molecule has 8 nitrogen and oxygen atoms in total. The van der Waals surface area contributed by atoms with Gasteiger partial charge in [-0.25, -0.2) is 4.68 Å². The predicted molar refractivity (Wildman–Crippen MR) is 65.2 cm³/mol. The second-order valence-electron chi connectivity index (χ2n) is 3.84. The zero-order valence-corrected chi connectivity index (χ0v) is 10.2. The lowest BCUT2D eigenvalue weighted by atomic mass is 10.3. The second kappa shape index (κ2) is 4.86. The molecule has 0 saturated heterocycles. The largest absolute Gasteiger partial charge is 0.360 e. The Kier molecular flexibility index (Phi) is 3.26. The Labute approximate surface area is 103 Å². The number of aromatic amines is 1. The summed E-state index contributed by atoms with van der Waals surface area (Å²) in [5.41, 5.74) is 1.45. The number of nitrogens with zero attached hydrogens (tertiary/aromatic N) is 4. The third-order valence-corrected chi connectivity index (χ3v) is 2.62. The molecule has 0 radical (unpaired) electrons. The molecule has 18 heavy (non-hydrogen) atoms. The van der Waals surface area contributed by atoms with Gasteiger partial charge in [0, 0.05) is 25.4 Å². The number of aromatic nitrogens is 4. The first-order valence-corrected chi connectivity index (χ1v) is 5.55. The summed E-state index contributed by atoms with van der Waals surface area (Å²) in [6.07, 6.45) is 3.92. The maximum atomic E-state index is 11.1. The van der Waals surface area contributed by atoms with Crippen molar-refractivity contribution in [2.45, 2.75) is 19.9 Å². The fourth-order valence-corrected chi connectivity index (χ4v) is 1.76. The van der Waals surface area contributed by atoms with Gasteiger partial charge in [-0.3, -0.25) is 15.2 Å². The van der Waals surface area contributed by atoms with Crippen LogP contribution >= 0.6 is 0 Å². The third-order valence-electron chi connectivity index (χ3n) is 2.62. The Morgan fingerprint density at radius 1 is 1.61 bits per heavy atom. The van der Waals surface area contributed by atoms with Gasteiger partial charge in [0.2, 0.25) is 5.82 Å². The summed E-state index contributed by atoms with van der Waals surface area (Å²) in [5, 5.41) is 24.7. The van der Waals surface area contributed by atoms with Gasteiger partial charge < -0.3 is 5.32 Å². The van der Waals surface area contributed by atoms with Gasteiger partial charge in [0.1, 0.15) is 5.69 Å². The minimum absolute atomic E-state index is 0.0449. The molecule has 0 aliphatic rings. The normalized spacial score (nSPS) is 10.6. The first-order chi connectivity index (χ1) is 8.63. The van der Waals surface area contributed by atoms with Gasteiger partial charge >= 0.3 is 5.69 Å². The number of anilines is 1. The summed E-state index contributed by atoms with van der Waals surface area (Å²) < 4.78 is 1.50. The Hall–Kier alpha value is -2.38. The molecule has 2 rings (SSSR count). The quantitative estimate of drug-likeness (QED) is 0.613. The smallest absolute Gasteiger partial charge is 0.333 e. The van der Waals surface area contributed by atoms with Crippen molar-refractivity contribution in [3.05, 3.63) is 33.8 Å². The summed E-state index contributed by atoms with van der Waals surface area (Å²) in [6.45, 7) is 2.30. The van der Waals surface area contributed by atoms with Gasteiger partial charge in [-0.2, -0.15) is 10.2 Å². The molecule has 0 spiro atoms. The van der Waals surface area contributed by atoms with Crippen LogP contribution in [-0.2, 0) is 20.0 Å². The summed E-state index contributed by atoms with van der Waals surface area (Å²) in [6, 6.07) is 0. The molecule has 0 saturated carbocycles. The van der Waals surface area contributed by atoms with E-state index >= 15 is 0 Å². The van der Waals surface area contributed by atoms with E-state index in [-0.39, 0.29) is 5.69 Å². The number of H-pyrrole nitrogens is 1.